The number of benzene rings is 2. The van der Waals surface area contributed by atoms with Gasteiger partial charge >= 0.3 is 0 Å². The summed E-state index contributed by atoms with van der Waals surface area (Å²) in [5.41, 5.74) is 10.4. The standard InChI is InChI=1S/C25H25N5O3/c1-32-21-9-8-17(13-22(21)33-2)19-15-29-25(26)30-23(19)18-12-20(28-14-18)24(31)27-11-10-16-6-4-3-5-7-16/h3-9,12-15,28H,10-11H2,1-2H3,(H,27,31)(H2,26,29,30). The molecule has 4 N–H and O–H groups in total. The predicted molar refractivity (Wildman–Crippen MR) is 127 cm³/mol. The van der Waals surface area contributed by atoms with Crippen molar-refractivity contribution in [3.8, 4) is 33.9 Å². The number of H-pyrrole nitrogens is 1. The van der Waals surface area contributed by atoms with E-state index in [4.69, 9.17) is 15.2 Å². The lowest BCUT2D eigenvalue weighted by molar-refractivity contribution is 0.0950. The molecule has 0 aliphatic heterocycles. The SMILES string of the molecule is COc1ccc(-c2cnc(N)nc2-c2c[nH]c(C(=O)NCCc3ccccc3)c2)cc1OC. The van der Waals surface area contributed by atoms with Gasteiger partial charge in [-0.1, -0.05) is 36.4 Å². The van der Waals surface area contributed by atoms with E-state index in [0.717, 1.165) is 23.1 Å². The number of nitrogens with one attached hydrogen (secondary N) is 2. The fourth-order valence-corrected chi connectivity index (χ4v) is 3.55. The third kappa shape index (κ3) is 4.95. The number of nitrogens with two attached hydrogens (primary N) is 1. The Morgan fingerprint density at radius 3 is 2.58 bits per heavy atom. The van der Waals surface area contributed by atoms with Gasteiger partial charge in [-0.2, -0.15) is 0 Å². The lowest BCUT2D eigenvalue weighted by Gasteiger charge is -2.12. The molecule has 0 spiro atoms. The number of hydrogen-bond acceptors (Lipinski definition) is 6. The molecule has 8 nitrogen and oxygen atoms in total. The molecule has 0 aliphatic rings. The minimum absolute atomic E-state index is 0.143. The second kappa shape index (κ2) is 9.86. The van der Waals surface area contributed by atoms with Crippen molar-refractivity contribution in [1.82, 2.24) is 20.3 Å². The van der Waals surface area contributed by atoms with E-state index in [2.05, 4.69) is 20.3 Å². The number of aromatic nitrogens is 3. The Bertz CT molecular complexity index is 1250. The maximum Gasteiger partial charge on any atom is 0.267 e. The van der Waals surface area contributed by atoms with Gasteiger partial charge in [-0.25, -0.2) is 9.97 Å². The summed E-state index contributed by atoms with van der Waals surface area (Å²) in [7, 11) is 3.17. The van der Waals surface area contributed by atoms with Gasteiger partial charge in [0.15, 0.2) is 11.5 Å². The number of carbonyl (C=O) groups excluding carboxylic acids is 1. The van der Waals surface area contributed by atoms with Crippen molar-refractivity contribution in [2.24, 2.45) is 0 Å². The molecule has 0 saturated heterocycles. The van der Waals surface area contributed by atoms with Crippen LogP contribution in [0.15, 0.2) is 67.0 Å². The summed E-state index contributed by atoms with van der Waals surface area (Å²) in [6, 6.07) is 17.3. The van der Waals surface area contributed by atoms with Gasteiger partial charge in [0.05, 0.1) is 19.9 Å². The van der Waals surface area contributed by atoms with E-state index < -0.39 is 0 Å². The molecule has 0 fully saturated rings. The second-order valence-corrected chi connectivity index (χ2v) is 7.35. The number of nitrogen functional groups attached to an aromatic ring is 1. The maximum atomic E-state index is 12.6. The fourth-order valence-electron chi connectivity index (χ4n) is 3.55. The number of nitrogens with zero attached hydrogens (tertiary/aromatic N) is 2. The number of aromatic amines is 1. The highest BCUT2D eigenvalue weighted by molar-refractivity contribution is 5.94. The molecule has 0 bridgehead atoms. The number of hydrogen-bond donors (Lipinski definition) is 3. The lowest BCUT2D eigenvalue weighted by Crippen LogP contribution is -2.25. The van der Waals surface area contributed by atoms with Crippen molar-refractivity contribution >= 4 is 11.9 Å². The Hall–Kier alpha value is -4.33. The normalized spacial score (nSPS) is 10.6. The minimum Gasteiger partial charge on any atom is -0.493 e. The van der Waals surface area contributed by atoms with E-state index in [1.807, 2.05) is 48.5 Å². The third-order valence-electron chi connectivity index (χ3n) is 5.25. The molecule has 8 heteroatoms. The highest BCUT2D eigenvalue weighted by Crippen LogP contribution is 2.36. The Morgan fingerprint density at radius 2 is 1.82 bits per heavy atom. The van der Waals surface area contributed by atoms with E-state index in [1.54, 1.807) is 32.7 Å². The smallest absolute Gasteiger partial charge is 0.267 e. The first-order valence-electron chi connectivity index (χ1n) is 10.4. The second-order valence-electron chi connectivity index (χ2n) is 7.35. The van der Waals surface area contributed by atoms with Crippen molar-refractivity contribution in [2.75, 3.05) is 26.5 Å². The minimum atomic E-state index is -0.188. The number of ether oxygens (including phenoxy) is 2. The van der Waals surface area contributed by atoms with Gasteiger partial charge in [0, 0.05) is 30.1 Å². The molecule has 4 rings (SSSR count). The molecule has 1 amide bonds. The van der Waals surface area contributed by atoms with Crippen LogP contribution in [0.4, 0.5) is 5.95 Å². The molecule has 0 radical (unpaired) electrons. The van der Waals surface area contributed by atoms with E-state index in [-0.39, 0.29) is 11.9 Å². The molecular formula is C25H25N5O3. The Balaban J connectivity index is 1.56. The number of amides is 1. The first-order chi connectivity index (χ1) is 16.1. The summed E-state index contributed by atoms with van der Waals surface area (Å²) in [5, 5.41) is 2.94. The molecule has 0 aliphatic carbocycles. The first-order valence-corrected chi connectivity index (χ1v) is 10.4. The van der Waals surface area contributed by atoms with E-state index in [0.29, 0.717) is 29.4 Å². The molecule has 2 heterocycles. The summed E-state index contributed by atoms with van der Waals surface area (Å²) in [6.07, 6.45) is 4.15. The van der Waals surface area contributed by atoms with Crippen LogP contribution in [0.5, 0.6) is 11.5 Å². The molecule has 0 atom stereocenters. The predicted octanol–water partition coefficient (Wildman–Crippen LogP) is 3.71. The zero-order valence-electron chi connectivity index (χ0n) is 18.5. The highest BCUT2D eigenvalue weighted by Gasteiger charge is 2.16. The third-order valence-corrected chi connectivity index (χ3v) is 5.25. The Morgan fingerprint density at radius 1 is 1.03 bits per heavy atom. The zero-order valence-corrected chi connectivity index (χ0v) is 18.5. The van der Waals surface area contributed by atoms with E-state index >= 15 is 0 Å². The van der Waals surface area contributed by atoms with Crippen LogP contribution in [0, 0.1) is 0 Å². The van der Waals surface area contributed by atoms with Crippen LogP contribution in [0.2, 0.25) is 0 Å². The zero-order chi connectivity index (χ0) is 23.2. The van der Waals surface area contributed by atoms with Crippen molar-refractivity contribution in [2.45, 2.75) is 6.42 Å². The first kappa shape index (κ1) is 21.9. The molecule has 0 saturated carbocycles. The van der Waals surface area contributed by atoms with Crippen molar-refractivity contribution in [3.05, 3.63) is 78.2 Å². The summed E-state index contributed by atoms with van der Waals surface area (Å²) in [5.74, 6) is 1.16. The monoisotopic (exact) mass is 443 g/mol. The van der Waals surface area contributed by atoms with Crippen LogP contribution in [0.3, 0.4) is 0 Å². The molecule has 4 aromatic rings. The summed E-state index contributed by atoms with van der Waals surface area (Å²) >= 11 is 0. The van der Waals surface area contributed by atoms with Gasteiger partial charge in [0.1, 0.15) is 5.69 Å². The average molecular weight is 444 g/mol. The highest BCUT2D eigenvalue weighted by atomic mass is 16.5. The van der Waals surface area contributed by atoms with Crippen LogP contribution in [-0.4, -0.2) is 41.6 Å². The number of rotatable bonds is 8. The number of methoxy groups -OCH3 is 2. The number of anilines is 1. The summed E-state index contributed by atoms with van der Waals surface area (Å²) in [4.78, 5) is 24.3. The van der Waals surface area contributed by atoms with Crippen LogP contribution in [-0.2, 0) is 6.42 Å². The van der Waals surface area contributed by atoms with E-state index in [9.17, 15) is 4.79 Å². The van der Waals surface area contributed by atoms with Gasteiger partial charge in [0.2, 0.25) is 5.95 Å². The van der Waals surface area contributed by atoms with Crippen LogP contribution < -0.4 is 20.5 Å². The summed E-state index contributed by atoms with van der Waals surface area (Å²) in [6.45, 7) is 0.536. The van der Waals surface area contributed by atoms with Crippen LogP contribution in [0.1, 0.15) is 16.1 Å². The lowest BCUT2D eigenvalue weighted by atomic mass is 10.0. The van der Waals surface area contributed by atoms with Gasteiger partial charge in [0.25, 0.3) is 5.91 Å². The molecule has 168 valence electrons. The number of carbonyl (C=O) groups is 1. The molecule has 2 aromatic heterocycles. The van der Waals surface area contributed by atoms with Crippen molar-refractivity contribution in [3.63, 3.8) is 0 Å². The van der Waals surface area contributed by atoms with Gasteiger partial charge < -0.3 is 25.5 Å². The topological polar surface area (TPSA) is 115 Å². The quantitative estimate of drug-likeness (QED) is 0.382. The van der Waals surface area contributed by atoms with Crippen molar-refractivity contribution in [1.29, 1.82) is 0 Å². The van der Waals surface area contributed by atoms with Crippen molar-refractivity contribution < 1.29 is 14.3 Å². The Kier molecular flexibility index (Phi) is 6.54. The van der Waals surface area contributed by atoms with E-state index in [1.165, 1.54) is 5.56 Å². The fraction of sp³-hybridized carbons (Fsp3) is 0.160. The molecule has 2 aromatic carbocycles. The maximum absolute atomic E-state index is 12.6. The largest absolute Gasteiger partial charge is 0.493 e. The molecule has 0 unspecified atom stereocenters. The van der Waals surface area contributed by atoms with Gasteiger partial charge in [-0.3, -0.25) is 4.79 Å². The van der Waals surface area contributed by atoms with Crippen LogP contribution >= 0.6 is 0 Å². The van der Waals surface area contributed by atoms with Gasteiger partial charge in [-0.15, -0.1) is 0 Å². The summed E-state index contributed by atoms with van der Waals surface area (Å²) < 4.78 is 10.7. The van der Waals surface area contributed by atoms with Gasteiger partial charge in [-0.05, 0) is 35.7 Å². The molecular weight excluding hydrogens is 418 g/mol. The molecule has 33 heavy (non-hydrogen) atoms. The Labute approximate surface area is 191 Å². The van der Waals surface area contributed by atoms with Crippen LogP contribution in [0.25, 0.3) is 22.4 Å². The average Bonchev–Trinajstić information content (AvgIpc) is 3.34.